The van der Waals surface area contributed by atoms with E-state index in [1.54, 1.807) is 18.2 Å². The molecular weight excluding hydrogens is 458 g/mol. The van der Waals surface area contributed by atoms with Crippen molar-refractivity contribution in [2.45, 2.75) is 25.9 Å². The van der Waals surface area contributed by atoms with E-state index in [1.165, 1.54) is 4.90 Å². The first kappa shape index (κ1) is 23.5. The number of amides is 1. The second kappa shape index (κ2) is 10.2. The van der Waals surface area contributed by atoms with Gasteiger partial charge in [-0.2, -0.15) is 0 Å². The SMILES string of the molecule is CCCOc1cccc([C@@H]2C(=C(O)c3ccc4c(c3)OCCO4)C(=O)C(=O)N2Cc2ccccc2)c1. The maximum atomic E-state index is 13.4. The third-order valence-corrected chi connectivity index (χ3v) is 6.20. The van der Waals surface area contributed by atoms with E-state index in [0.717, 1.165) is 12.0 Å². The zero-order chi connectivity index (χ0) is 25.1. The van der Waals surface area contributed by atoms with E-state index in [1.807, 2.05) is 61.5 Å². The van der Waals surface area contributed by atoms with Crippen molar-refractivity contribution in [1.29, 1.82) is 0 Å². The van der Waals surface area contributed by atoms with Crippen LogP contribution in [0.1, 0.15) is 36.1 Å². The molecule has 7 heteroatoms. The minimum absolute atomic E-state index is 0.0280. The number of hydrogen-bond acceptors (Lipinski definition) is 6. The minimum Gasteiger partial charge on any atom is -0.507 e. The van der Waals surface area contributed by atoms with E-state index in [4.69, 9.17) is 14.2 Å². The van der Waals surface area contributed by atoms with Crippen molar-refractivity contribution in [3.05, 3.63) is 95.1 Å². The fourth-order valence-electron chi connectivity index (χ4n) is 4.51. The molecule has 1 N–H and O–H groups in total. The van der Waals surface area contributed by atoms with E-state index in [9.17, 15) is 14.7 Å². The monoisotopic (exact) mass is 485 g/mol. The van der Waals surface area contributed by atoms with Crippen molar-refractivity contribution in [3.8, 4) is 17.2 Å². The number of rotatable bonds is 7. The van der Waals surface area contributed by atoms with Crippen molar-refractivity contribution in [1.82, 2.24) is 4.90 Å². The summed E-state index contributed by atoms with van der Waals surface area (Å²) >= 11 is 0. The molecule has 0 aromatic heterocycles. The maximum absolute atomic E-state index is 13.4. The van der Waals surface area contributed by atoms with Gasteiger partial charge in [-0.3, -0.25) is 9.59 Å². The van der Waals surface area contributed by atoms with E-state index < -0.39 is 17.7 Å². The summed E-state index contributed by atoms with van der Waals surface area (Å²) in [7, 11) is 0. The molecule has 0 spiro atoms. The number of aliphatic hydroxyl groups is 1. The Morgan fingerprint density at radius 1 is 0.972 bits per heavy atom. The highest BCUT2D eigenvalue weighted by Crippen LogP contribution is 2.42. The number of carbonyl (C=O) groups is 2. The van der Waals surface area contributed by atoms with E-state index in [0.29, 0.717) is 48.2 Å². The largest absolute Gasteiger partial charge is 0.507 e. The summed E-state index contributed by atoms with van der Waals surface area (Å²) in [4.78, 5) is 28.1. The molecule has 2 aliphatic rings. The number of likely N-dealkylation sites (tertiary alicyclic amines) is 1. The predicted octanol–water partition coefficient (Wildman–Crippen LogP) is 4.87. The Labute approximate surface area is 209 Å². The predicted molar refractivity (Wildman–Crippen MR) is 134 cm³/mol. The van der Waals surface area contributed by atoms with Crippen LogP contribution in [0, 0.1) is 0 Å². The van der Waals surface area contributed by atoms with Crippen LogP contribution in [0.2, 0.25) is 0 Å². The lowest BCUT2D eigenvalue weighted by Gasteiger charge is -2.26. The molecule has 1 fully saturated rings. The van der Waals surface area contributed by atoms with Gasteiger partial charge in [0.05, 0.1) is 18.2 Å². The summed E-state index contributed by atoms with van der Waals surface area (Å²) in [6.07, 6.45) is 0.848. The molecule has 1 atom stereocenters. The van der Waals surface area contributed by atoms with Crippen LogP contribution in [-0.4, -0.2) is 41.5 Å². The van der Waals surface area contributed by atoms with Crippen molar-refractivity contribution >= 4 is 17.4 Å². The molecule has 0 saturated carbocycles. The summed E-state index contributed by atoms with van der Waals surface area (Å²) in [5.74, 6) is 0.0331. The van der Waals surface area contributed by atoms with Crippen LogP contribution < -0.4 is 14.2 Å². The van der Waals surface area contributed by atoms with Gasteiger partial charge in [-0.1, -0.05) is 49.4 Å². The number of carbonyl (C=O) groups excluding carboxylic acids is 2. The number of benzene rings is 3. The number of ether oxygens (including phenoxy) is 3. The lowest BCUT2D eigenvalue weighted by Crippen LogP contribution is -2.29. The molecule has 2 heterocycles. The second-order valence-electron chi connectivity index (χ2n) is 8.69. The quantitative estimate of drug-likeness (QED) is 0.292. The summed E-state index contributed by atoms with van der Waals surface area (Å²) < 4.78 is 17.0. The summed E-state index contributed by atoms with van der Waals surface area (Å²) in [5, 5.41) is 11.4. The highest BCUT2D eigenvalue weighted by Gasteiger charge is 2.46. The van der Waals surface area contributed by atoms with Gasteiger partial charge in [-0.05, 0) is 47.9 Å². The van der Waals surface area contributed by atoms with E-state index >= 15 is 0 Å². The molecule has 0 bridgehead atoms. The van der Waals surface area contributed by atoms with Gasteiger partial charge in [0.15, 0.2) is 11.5 Å². The smallest absolute Gasteiger partial charge is 0.295 e. The van der Waals surface area contributed by atoms with Crippen LogP contribution in [0.15, 0.2) is 78.4 Å². The molecule has 184 valence electrons. The molecule has 1 amide bonds. The van der Waals surface area contributed by atoms with Crippen molar-refractivity contribution < 1.29 is 28.9 Å². The van der Waals surface area contributed by atoms with Crippen LogP contribution >= 0.6 is 0 Å². The third-order valence-electron chi connectivity index (χ3n) is 6.20. The molecular formula is C29H27NO6. The van der Waals surface area contributed by atoms with Crippen LogP contribution in [0.3, 0.4) is 0 Å². The van der Waals surface area contributed by atoms with Crippen LogP contribution in [0.4, 0.5) is 0 Å². The molecule has 3 aromatic rings. The fourth-order valence-corrected chi connectivity index (χ4v) is 4.51. The zero-order valence-electron chi connectivity index (χ0n) is 20.0. The van der Waals surface area contributed by atoms with Crippen LogP contribution in [0.5, 0.6) is 17.2 Å². The van der Waals surface area contributed by atoms with Gasteiger partial charge in [0.2, 0.25) is 0 Å². The fraction of sp³-hybridized carbons (Fsp3) is 0.241. The minimum atomic E-state index is -0.788. The van der Waals surface area contributed by atoms with Crippen molar-refractivity contribution in [2.24, 2.45) is 0 Å². The van der Waals surface area contributed by atoms with Gasteiger partial charge in [-0.25, -0.2) is 0 Å². The molecule has 2 aliphatic heterocycles. The molecule has 0 radical (unpaired) electrons. The summed E-state index contributed by atoms with van der Waals surface area (Å²) in [6.45, 7) is 3.62. The molecule has 0 aliphatic carbocycles. The molecule has 7 nitrogen and oxygen atoms in total. The van der Waals surface area contributed by atoms with Gasteiger partial charge in [-0.15, -0.1) is 0 Å². The Kier molecular flexibility index (Phi) is 6.62. The summed E-state index contributed by atoms with van der Waals surface area (Å²) in [6, 6.07) is 21.0. The first-order chi connectivity index (χ1) is 17.6. The van der Waals surface area contributed by atoms with Gasteiger partial charge in [0, 0.05) is 12.1 Å². The third kappa shape index (κ3) is 4.52. The van der Waals surface area contributed by atoms with Crippen LogP contribution in [0.25, 0.3) is 5.76 Å². The van der Waals surface area contributed by atoms with Crippen molar-refractivity contribution in [2.75, 3.05) is 19.8 Å². The Morgan fingerprint density at radius 3 is 2.53 bits per heavy atom. The topological polar surface area (TPSA) is 85.3 Å². The van der Waals surface area contributed by atoms with E-state index in [-0.39, 0.29) is 17.9 Å². The van der Waals surface area contributed by atoms with Gasteiger partial charge >= 0.3 is 0 Å². The molecule has 0 unspecified atom stereocenters. The summed E-state index contributed by atoms with van der Waals surface area (Å²) in [5.41, 5.74) is 1.96. The Morgan fingerprint density at radius 2 is 1.75 bits per heavy atom. The number of nitrogens with zero attached hydrogens (tertiary/aromatic N) is 1. The first-order valence-electron chi connectivity index (χ1n) is 12.0. The standard InChI is InChI=1S/C29H27NO6/c1-2-13-34-22-10-6-9-20(16-22)26-25(27(31)21-11-12-23-24(17-21)36-15-14-35-23)28(32)29(33)30(26)18-19-7-4-3-5-8-19/h3-12,16-17,26,31H,2,13-15,18H2,1H3/t26-/m1/s1. The number of fused-ring (bicyclic) bond motifs is 1. The highest BCUT2D eigenvalue weighted by atomic mass is 16.6. The molecule has 1 saturated heterocycles. The Hall–Kier alpha value is -4.26. The first-order valence-corrected chi connectivity index (χ1v) is 12.0. The van der Waals surface area contributed by atoms with E-state index in [2.05, 4.69) is 0 Å². The number of Topliss-reactive ketones (excluding diaryl/α,β-unsaturated/α-hetero) is 1. The molecule has 3 aromatic carbocycles. The highest BCUT2D eigenvalue weighted by molar-refractivity contribution is 6.46. The second-order valence-corrected chi connectivity index (χ2v) is 8.69. The normalized spacial score (nSPS) is 18.4. The lowest BCUT2D eigenvalue weighted by molar-refractivity contribution is -0.140. The Balaban J connectivity index is 1.62. The van der Waals surface area contributed by atoms with Gasteiger partial charge in [0.1, 0.15) is 24.7 Å². The average molecular weight is 486 g/mol. The van der Waals surface area contributed by atoms with Gasteiger partial charge in [0.25, 0.3) is 11.7 Å². The lowest BCUT2D eigenvalue weighted by atomic mass is 9.94. The number of ketones is 1. The van der Waals surface area contributed by atoms with Gasteiger partial charge < -0.3 is 24.2 Å². The number of hydrogen-bond donors (Lipinski definition) is 1. The number of aliphatic hydroxyl groups excluding tert-OH is 1. The maximum Gasteiger partial charge on any atom is 0.295 e. The van der Waals surface area contributed by atoms with Crippen LogP contribution in [-0.2, 0) is 16.1 Å². The Bertz CT molecular complexity index is 1320. The molecule has 5 rings (SSSR count). The molecule has 36 heavy (non-hydrogen) atoms. The van der Waals surface area contributed by atoms with Crippen molar-refractivity contribution in [3.63, 3.8) is 0 Å². The zero-order valence-corrected chi connectivity index (χ0v) is 20.0. The average Bonchev–Trinajstić information content (AvgIpc) is 3.17.